The van der Waals surface area contributed by atoms with E-state index >= 15 is 0 Å². The van der Waals surface area contributed by atoms with Crippen molar-refractivity contribution in [3.8, 4) is 6.07 Å². The predicted molar refractivity (Wildman–Crippen MR) is 94.2 cm³/mol. The maximum atomic E-state index is 14.8. The van der Waals surface area contributed by atoms with Gasteiger partial charge in [-0.05, 0) is 32.3 Å². The van der Waals surface area contributed by atoms with Gasteiger partial charge in [-0.2, -0.15) is 10.3 Å². The van der Waals surface area contributed by atoms with Gasteiger partial charge in [0, 0.05) is 12.0 Å². The molecule has 0 saturated heterocycles. The zero-order valence-electron chi connectivity index (χ0n) is 15.7. The van der Waals surface area contributed by atoms with Gasteiger partial charge in [0.1, 0.15) is 17.1 Å². The van der Waals surface area contributed by atoms with E-state index < -0.39 is 22.7 Å². The van der Waals surface area contributed by atoms with Crippen LogP contribution in [0.1, 0.15) is 53.5 Å². The lowest BCUT2D eigenvalue weighted by molar-refractivity contribution is -0.158. The van der Waals surface area contributed by atoms with Gasteiger partial charge >= 0.3 is 0 Å². The first-order valence-electron chi connectivity index (χ1n) is 8.09. The van der Waals surface area contributed by atoms with Crippen LogP contribution in [0.2, 0.25) is 0 Å². The number of benzene rings is 1. The Bertz CT molecular complexity index is 913. The molecule has 140 valence electrons. The van der Waals surface area contributed by atoms with E-state index in [9.17, 15) is 8.78 Å². The Labute approximate surface area is 150 Å². The van der Waals surface area contributed by atoms with Gasteiger partial charge in [0.25, 0.3) is 0 Å². The molecule has 0 aliphatic carbocycles. The van der Waals surface area contributed by atoms with Gasteiger partial charge in [-0.25, -0.2) is 19.0 Å². The zero-order valence-corrected chi connectivity index (χ0v) is 15.7. The number of nitrogens with zero attached hydrogens (tertiary/aromatic N) is 4. The summed E-state index contributed by atoms with van der Waals surface area (Å²) in [5.74, 6) is -1.73. The number of halogens is 2. The minimum atomic E-state index is -0.866. The molecule has 2 aromatic rings. The summed E-state index contributed by atoms with van der Waals surface area (Å²) < 4.78 is 30.5. The van der Waals surface area contributed by atoms with Crippen molar-refractivity contribution in [2.45, 2.75) is 53.5 Å². The molecule has 0 amide bonds. The van der Waals surface area contributed by atoms with Crippen LogP contribution in [0.15, 0.2) is 11.1 Å². The van der Waals surface area contributed by atoms with Gasteiger partial charge in [0.2, 0.25) is 11.8 Å². The van der Waals surface area contributed by atoms with Crippen molar-refractivity contribution >= 4 is 22.9 Å². The molecular formula is C18H22F2N4O2. The number of aromatic nitrogens is 2. The third-order valence-corrected chi connectivity index (χ3v) is 3.60. The van der Waals surface area contributed by atoms with Gasteiger partial charge in [0.05, 0.1) is 5.56 Å². The lowest BCUT2D eigenvalue weighted by Gasteiger charge is -2.24. The number of nitriles is 1. The quantitative estimate of drug-likeness (QED) is 0.356. The molecular weight excluding hydrogens is 342 g/mol. The summed E-state index contributed by atoms with van der Waals surface area (Å²) >= 11 is 0. The molecule has 26 heavy (non-hydrogen) atoms. The van der Waals surface area contributed by atoms with Gasteiger partial charge < -0.3 is 9.45 Å². The second kappa shape index (κ2) is 6.65. The lowest BCUT2D eigenvalue weighted by atomic mass is 9.92. The Morgan fingerprint density at radius 1 is 1.31 bits per heavy atom. The van der Waals surface area contributed by atoms with Crippen molar-refractivity contribution in [1.82, 2.24) is 9.55 Å². The number of imidazole rings is 1. The van der Waals surface area contributed by atoms with E-state index in [4.69, 9.17) is 10.5 Å². The van der Waals surface area contributed by atoms with Crippen LogP contribution in [0.3, 0.4) is 0 Å². The zero-order chi connectivity index (χ0) is 19.9. The highest BCUT2D eigenvalue weighted by atomic mass is 19.1. The third kappa shape index (κ3) is 3.83. The Kier molecular flexibility index (Phi) is 5.06. The Morgan fingerprint density at radius 2 is 1.92 bits per heavy atom. The average molecular weight is 364 g/mol. The summed E-state index contributed by atoms with van der Waals surface area (Å²) in [5, 5.41) is 18.2. The first kappa shape index (κ1) is 19.8. The summed E-state index contributed by atoms with van der Waals surface area (Å²) in [6, 6.07) is 2.45. The van der Waals surface area contributed by atoms with E-state index in [1.807, 2.05) is 20.8 Å². The number of fused-ring (bicyclic) bond motifs is 1. The summed E-state index contributed by atoms with van der Waals surface area (Å²) in [7, 11) is 0. The van der Waals surface area contributed by atoms with E-state index in [1.54, 1.807) is 26.8 Å². The first-order chi connectivity index (χ1) is 11.9. The fourth-order valence-electron chi connectivity index (χ4n) is 2.61. The topological polar surface area (TPSA) is 83.4 Å². The van der Waals surface area contributed by atoms with Gasteiger partial charge in [-0.3, -0.25) is 0 Å². The molecule has 6 nitrogen and oxygen atoms in total. The molecule has 0 atom stereocenters. The van der Waals surface area contributed by atoms with Gasteiger partial charge in [-0.15, -0.1) is 0 Å². The van der Waals surface area contributed by atoms with E-state index in [0.29, 0.717) is 0 Å². The van der Waals surface area contributed by atoms with Crippen molar-refractivity contribution < 1.29 is 18.9 Å². The summed E-state index contributed by atoms with van der Waals surface area (Å²) in [4.78, 5) is 12.6. The molecule has 1 heterocycles. The largest absolute Gasteiger partial charge is 0.324 e. The standard InChI is InChI=1S/C18H22F2N4O2/c1-17(2,3)8-12(26-25)22-16-23-14-11(19)7-10(9-21)13(20)15(14)24(16)18(4,5)6/h7,25H,8H2,1-6H3/b22-12-. The van der Waals surface area contributed by atoms with Crippen LogP contribution in [-0.4, -0.2) is 20.7 Å². The number of aliphatic imine (C=N–C) groups is 1. The van der Waals surface area contributed by atoms with Gasteiger partial charge in [-0.1, -0.05) is 20.8 Å². The second-order valence-corrected chi connectivity index (χ2v) is 8.28. The predicted octanol–water partition coefficient (Wildman–Crippen LogP) is 4.90. The molecule has 0 saturated carbocycles. The van der Waals surface area contributed by atoms with Crippen LogP contribution < -0.4 is 0 Å². The Morgan fingerprint density at radius 3 is 2.38 bits per heavy atom. The molecule has 1 aromatic carbocycles. The van der Waals surface area contributed by atoms with Crippen molar-refractivity contribution in [1.29, 1.82) is 5.26 Å². The maximum absolute atomic E-state index is 14.8. The van der Waals surface area contributed by atoms with Crippen LogP contribution >= 0.6 is 0 Å². The minimum Gasteiger partial charge on any atom is -0.324 e. The molecule has 1 aromatic heterocycles. The van der Waals surface area contributed by atoms with E-state index in [-0.39, 0.29) is 34.7 Å². The molecule has 0 aliphatic rings. The Hall–Kier alpha value is -2.53. The van der Waals surface area contributed by atoms with Gasteiger partial charge in [0.15, 0.2) is 11.6 Å². The van der Waals surface area contributed by atoms with Crippen molar-refractivity contribution in [3.05, 3.63) is 23.3 Å². The lowest BCUT2D eigenvalue weighted by Crippen LogP contribution is -2.22. The molecule has 8 heteroatoms. The van der Waals surface area contributed by atoms with Crippen LogP contribution in [0.5, 0.6) is 0 Å². The third-order valence-electron chi connectivity index (χ3n) is 3.60. The fraction of sp³-hybridized carbons (Fsp3) is 0.500. The maximum Gasteiger partial charge on any atom is 0.235 e. The number of hydrogen-bond donors (Lipinski definition) is 1. The molecule has 0 unspecified atom stereocenters. The van der Waals surface area contributed by atoms with Crippen molar-refractivity contribution in [2.24, 2.45) is 10.4 Å². The highest BCUT2D eigenvalue weighted by Crippen LogP contribution is 2.34. The monoisotopic (exact) mass is 364 g/mol. The molecule has 0 bridgehead atoms. The smallest absolute Gasteiger partial charge is 0.235 e. The highest BCUT2D eigenvalue weighted by molar-refractivity contribution is 5.84. The number of rotatable bonds is 2. The highest BCUT2D eigenvalue weighted by Gasteiger charge is 2.28. The second-order valence-electron chi connectivity index (χ2n) is 8.28. The summed E-state index contributed by atoms with van der Waals surface area (Å²) in [5.41, 5.74) is -1.77. The van der Waals surface area contributed by atoms with E-state index in [2.05, 4.69) is 14.9 Å². The molecule has 0 fully saturated rings. The molecule has 0 spiro atoms. The summed E-state index contributed by atoms with van der Waals surface area (Å²) in [6.07, 6.45) is 0.283. The van der Waals surface area contributed by atoms with Crippen LogP contribution in [-0.2, 0) is 10.4 Å². The van der Waals surface area contributed by atoms with Crippen molar-refractivity contribution in [3.63, 3.8) is 0 Å². The van der Waals surface area contributed by atoms with Crippen molar-refractivity contribution in [2.75, 3.05) is 0 Å². The summed E-state index contributed by atoms with van der Waals surface area (Å²) in [6.45, 7) is 11.1. The molecule has 0 radical (unpaired) electrons. The SMILES string of the molecule is CC(C)(C)C/C(=N/c1nc2c(F)cc(C#N)c(F)c2n1C(C)(C)C)OO. The van der Waals surface area contributed by atoms with Crippen LogP contribution in [0.4, 0.5) is 14.7 Å². The van der Waals surface area contributed by atoms with Crippen LogP contribution in [0.25, 0.3) is 11.0 Å². The average Bonchev–Trinajstić information content (AvgIpc) is 2.88. The van der Waals surface area contributed by atoms with E-state index in [0.717, 1.165) is 6.07 Å². The first-order valence-corrected chi connectivity index (χ1v) is 8.09. The number of hydrogen-bond acceptors (Lipinski definition) is 5. The fourth-order valence-corrected chi connectivity index (χ4v) is 2.61. The van der Waals surface area contributed by atoms with Crippen LogP contribution in [0, 0.1) is 28.4 Å². The molecule has 2 rings (SSSR count). The van der Waals surface area contributed by atoms with E-state index in [1.165, 1.54) is 4.57 Å². The molecule has 1 N–H and O–H groups in total. The minimum absolute atomic E-state index is 0.0197. The Balaban J connectivity index is 2.85. The molecule has 0 aliphatic heterocycles. The normalized spacial score (nSPS) is 13.2.